The molecule has 5 nitrogen and oxygen atoms in total. The Bertz CT molecular complexity index is 556. The lowest BCUT2D eigenvalue weighted by Crippen LogP contribution is -2.43. The summed E-state index contributed by atoms with van der Waals surface area (Å²) in [4.78, 5) is 27.9. The highest BCUT2D eigenvalue weighted by atomic mass is 35.5. The molecule has 0 saturated heterocycles. The molecule has 0 unspecified atom stereocenters. The summed E-state index contributed by atoms with van der Waals surface area (Å²) in [5.41, 5.74) is -0.0463. The van der Waals surface area contributed by atoms with Crippen LogP contribution < -0.4 is 5.32 Å². The van der Waals surface area contributed by atoms with Crippen LogP contribution in [0.15, 0.2) is 12.1 Å². The van der Waals surface area contributed by atoms with Crippen LogP contribution in [0.5, 0.6) is 0 Å². The molecule has 0 spiro atoms. The number of Topliss-reactive ketones (excluding diaryl/α,β-unsaturated/α-hetero) is 1. The van der Waals surface area contributed by atoms with Crippen molar-refractivity contribution in [1.29, 1.82) is 0 Å². The minimum absolute atomic E-state index is 0.0668. The number of aromatic nitrogens is 1. The lowest BCUT2D eigenvalue weighted by Gasteiger charge is -2.22. The second-order valence-electron chi connectivity index (χ2n) is 5.83. The Labute approximate surface area is 140 Å². The number of ether oxygens (including phenoxy) is 1. The molecule has 0 aliphatic carbocycles. The predicted molar refractivity (Wildman–Crippen MR) is 86.4 cm³/mol. The normalized spacial score (nSPS) is 12.6. The van der Waals surface area contributed by atoms with E-state index >= 15 is 0 Å². The number of alkyl carbamates (subject to hydrolysis) is 1. The second kappa shape index (κ2) is 7.79. The summed E-state index contributed by atoms with van der Waals surface area (Å²) >= 11 is 11.7. The third kappa shape index (κ3) is 6.20. The average molecular weight is 347 g/mol. The van der Waals surface area contributed by atoms with Crippen LogP contribution in [0.4, 0.5) is 4.79 Å². The maximum absolute atomic E-state index is 12.3. The molecule has 7 heteroatoms. The number of carbonyl (C=O) groups is 2. The minimum Gasteiger partial charge on any atom is -0.444 e. The highest BCUT2D eigenvalue weighted by molar-refractivity contribution is 6.33. The number of hydrogen-bond donors (Lipinski definition) is 1. The van der Waals surface area contributed by atoms with Crippen LogP contribution in [0.3, 0.4) is 0 Å². The highest BCUT2D eigenvalue weighted by Crippen LogP contribution is 2.18. The molecule has 1 rings (SSSR count). The lowest BCUT2D eigenvalue weighted by molar-refractivity contribution is -0.120. The average Bonchev–Trinajstić information content (AvgIpc) is 2.37. The van der Waals surface area contributed by atoms with E-state index in [0.29, 0.717) is 12.0 Å². The Hall–Kier alpha value is -1.33. The van der Waals surface area contributed by atoms with E-state index in [4.69, 9.17) is 27.9 Å². The number of hydrogen-bond acceptors (Lipinski definition) is 4. The van der Waals surface area contributed by atoms with Gasteiger partial charge in [-0.05, 0) is 38.8 Å². The van der Waals surface area contributed by atoms with Crippen LogP contribution in [0.25, 0.3) is 0 Å². The third-order valence-electron chi connectivity index (χ3n) is 2.74. The molecule has 1 aromatic heterocycles. The van der Waals surface area contributed by atoms with Crippen molar-refractivity contribution in [3.63, 3.8) is 0 Å². The molecule has 0 bridgehead atoms. The summed E-state index contributed by atoms with van der Waals surface area (Å²) in [6.45, 7) is 7.08. The maximum atomic E-state index is 12.3. The van der Waals surface area contributed by atoms with Gasteiger partial charge in [0.2, 0.25) is 0 Å². The largest absolute Gasteiger partial charge is 0.444 e. The van der Waals surface area contributed by atoms with Crippen LogP contribution in [-0.4, -0.2) is 28.5 Å². The van der Waals surface area contributed by atoms with E-state index in [1.165, 1.54) is 0 Å². The van der Waals surface area contributed by atoms with E-state index in [0.717, 1.165) is 0 Å². The first-order chi connectivity index (χ1) is 10.1. The Balaban J connectivity index is 2.70. The van der Waals surface area contributed by atoms with Crippen LogP contribution in [0.1, 0.15) is 39.7 Å². The number of pyridine rings is 1. The van der Waals surface area contributed by atoms with Crippen molar-refractivity contribution in [2.24, 2.45) is 0 Å². The summed E-state index contributed by atoms with van der Waals surface area (Å²) in [6, 6.07) is 2.58. The first-order valence-electron chi connectivity index (χ1n) is 6.95. The number of nitrogens with one attached hydrogen (secondary N) is 1. The predicted octanol–water partition coefficient (Wildman–Crippen LogP) is 3.80. The minimum atomic E-state index is -0.637. The molecule has 0 aromatic carbocycles. The van der Waals surface area contributed by atoms with Crippen molar-refractivity contribution in [2.45, 2.75) is 52.2 Å². The molecule has 1 N–H and O–H groups in total. The molecule has 1 amide bonds. The number of nitrogens with zero attached hydrogens (tertiary/aromatic N) is 1. The monoisotopic (exact) mass is 346 g/mol. The zero-order chi connectivity index (χ0) is 16.9. The molecule has 22 heavy (non-hydrogen) atoms. The van der Waals surface area contributed by atoms with Crippen LogP contribution in [0.2, 0.25) is 10.3 Å². The molecule has 0 aliphatic heterocycles. The molecule has 122 valence electrons. The van der Waals surface area contributed by atoms with Gasteiger partial charge in [0.1, 0.15) is 15.9 Å². The fourth-order valence-corrected chi connectivity index (χ4v) is 2.16. The molecular weight excluding hydrogens is 327 g/mol. The first kappa shape index (κ1) is 18.7. The Kier molecular flexibility index (Phi) is 6.63. The molecule has 1 heterocycles. The Morgan fingerprint density at radius 3 is 2.45 bits per heavy atom. The van der Waals surface area contributed by atoms with Crippen molar-refractivity contribution in [3.05, 3.63) is 28.0 Å². The van der Waals surface area contributed by atoms with Crippen LogP contribution >= 0.6 is 23.2 Å². The quantitative estimate of drug-likeness (QED) is 0.823. The SMILES string of the molecule is CC[C@@H](NC(=O)OC(C)(C)C)C(=O)Cc1ccc(Cl)nc1Cl. The van der Waals surface area contributed by atoms with E-state index in [-0.39, 0.29) is 22.5 Å². The van der Waals surface area contributed by atoms with E-state index in [9.17, 15) is 9.59 Å². The van der Waals surface area contributed by atoms with Crippen LogP contribution in [0, 0.1) is 0 Å². The van der Waals surface area contributed by atoms with Gasteiger partial charge in [-0.3, -0.25) is 4.79 Å². The second-order valence-corrected chi connectivity index (χ2v) is 6.58. The molecule has 0 radical (unpaired) electrons. The standard InChI is InChI=1S/C15H20Cl2N2O3/c1-5-10(18-14(21)22-15(2,3)4)11(20)8-9-6-7-12(16)19-13(9)17/h6-7,10H,5,8H2,1-4H3,(H,18,21)/t10-/m1/s1. The lowest BCUT2D eigenvalue weighted by atomic mass is 10.0. The molecule has 1 atom stereocenters. The van der Waals surface area contributed by atoms with Gasteiger partial charge in [-0.15, -0.1) is 0 Å². The summed E-state index contributed by atoms with van der Waals surface area (Å²) in [7, 11) is 0. The molecular formula is C15H20Cl2N2O3. The van der Waals surface area contributed by atoms with Crippen LogP contribution in [-0.2, 0) is 16.0 Å². The fourth-order valence-electron chi connectivity index (χ4n) is 1.74. The van der Waals surface area contributed by atoms with E-state index < -0.39 is 17.7 Å². The van der Waals surface area contributed by atoms with Gasteiger partial charge in [-0.1, -0.05) is 36.2 Å². The first-order valence-corrected chi connectivity index (χ1v) is 7.71. The van der Waals surface area contributed by atoms with Gasteiger partial charge >= 0.3 is 6.09 Å². The van der Waals surface area contributed by atoms with Gasteiger partial charge in [0.25, 0.3) is 0 Å². The molecule has 0 fully saturated rings. The Morgan fingerprint density at radius 1 is 1.32 bits per heavy atom. The number of carbonyl (C=O) groups excluding carboxylic acids is 2. The van der Waals surface area contributed by atoms with Gasteiger partial charge in [0.05, 0.1) is 6.04 Å². The topological polar surface area (TPSA) is 68.3 Å². The maximum Gasteiger partial charge on any atom is 0.408 e. The summed E-state index contributed by atoms with van der Waals surface area (Å²) in [5.74, 6) is -0.167. The van der Waals surface area contributed by atoms with Crippen molar-refractivity contribution >= 4 is 35.1 Å². The summed E-state index contributed by atoms with van der Waals surface area (Å²) in [6.07, 6.45) is -0.0957. The van der Waals surface area contributed by atoms with Crippen molar-refractivity contribution < 1.29 is 14.3 Å². The van der Waals surface area contributed by atoms with E-state index in [1.807, 2.05) is 6.92 Å². The van der Waals surface area contributed by atoms with Gasteiger partial charge in [-0.25, -0.2) is 9.78 Å². The smallest absolute Gasteiger partial charge is 0.408 e. The van der Waals surface area contributed by atoms with Gasteiger partial charge in [0, 0.05) is 6.42 Å². The highest BCUT2D eigenvalue weighted by Gasteiger charge is 2.23. The number of rotatable bonds is 5. The van der Waals surface area contributed by atoms with E-state index in [2.05, 4.69) is 10.3 Å². The fraction of sp³-hybridized carbons (Fsp3) is 0.533. The number of ketones is 1. The van der Waals surface area contributed by atoms with Crippen molar-refractivity contribution in [3.8, 4) is 0 Å². The summed E-state index contributed by atoms with van der Waals surface area (Å²) in [5, 5.41) is 3.03. The zero-order valence-electron chi connectivity index (χ0n) is 13.1. The van der Waals surface area contributed by atoms with E-state index in [1.54, 1.807) is 32.9 Å². The van der Waals surface area contributed by atoms with Crippen molar-refractivity contribution in [1.82, 2.24) is 10.3 Å². The molecule has 0 saturated carbocycles. The number of amides is 1. The summed E-state index contributed by atoms with van der Waals surface area (Å²) < 4.78 is 5.15. The third-order valence-corrected chi connectivity index (χ3v) is 3.28. The van der Waals surface area contributed by atoms with Gasteiger partial charge in [-0.2, -0.15) is 0 Å². The zero-order valence-corrected chi connectivity index (χ0v) is 14.6. The van der Waals surface area contributed by atoms with Crippen molar-refractivity contribution in [2.75, 3.05) is 0 Å². The molecule has 1 aromatic rings. The van der Waals surface area contributed by atoms with Gasteiger partial charge in [0.15, 0.2) is 5.78 Å². The Morgan fingerprint density at radius 2 is 1.95 bits per heavy atom. The number of halogens is 2. The molecule has 0 aliphatic rings. The van der Waals surface area contributed by atoms with Gasteiger partial charge < -0.3 is 10.1 Å².